The Morgan fingerprint density at radius 3 is 1.18 bits per heavy atom. The molecule has 0 saturated carbocycles. The number of carbonyl (C=O) groups excluding carboxylic acids is 4. The molecule has 2 fully saturated rings. The number of nitrogens with one attached hydrogen (secondary N) is 2. The first-order chi connectivity index (χ1) is 18.4. The zero-order valence-corrected chi connectivity index (χ0v) is 21.8. The summed E-state index contributed by atoms with van der Waals surface area (Å²) in [4.78, 5) is 46.1. The van der Waals surface area contributed by atoms with Crippen LogP contribution in [0.5, 0.6) is 11.5 Å². The first-order valence-electron chi connectivity index (χ1n) is 12.0. The van der Waals surface area contributed by atoms with E-state index in [1.807, 2.05) is 72.8 Å². The van der Waals surface area contributed by atoms with Crippen LogP contribution < -0.4 is 20.1 Å². The van der Waals surface area contributed by atoms with Gasteiger partial charge < -0.3 is 9.47 Å². The van der Waals surface area contributed by atoms with Gasteiger partial charge in [0.1, 0.15) is 24.7 Å². The molecule has 5 rings (SSSR count). The van der Waals surface area contributed by atoms with Crippen molar-refractivity contribution in [3.05, 3.63) is 95.1 Å². The highest BCUT2D eigenvalue weighted by atomic mass is 32.2. The number of imide groups is 2. The topological polar surface area (TPSA) is 111 Å². The maximum atomic E-state index is 11.7. The van der Waals surface area contributed by atoms with Gasteiger partial charge in [0.15, 0.2) is 0 Å². The first kappa shape index (κ1) is 25.9. The molecule has 0 bridgehead atoms. The third-order valence-electron chi connectivity index (χ3n) is 6.06. The molecule has 2 atom stereocenters. The molecule has 0 radical (unpaired) electrons. The van der Waals surface area contributed by atoms with Gasteiger partial charge in [-0.3, -0.25) is 29.8 Å². The van der Waals surface area contributed by atoms with E-state index in [1.165, 1.54) is 0 Å². The van der Waals surface area contributed by atoms with E-state index in [0.717, 1.165) is 57.3 Å². The van der Waals surface area contributed by atoms with Gasteiger partial charge >= 0.3 is 0 Å². The highest BCUT2D eigenvalue weighted by molar-refractivity contribution is 8.15. The predicted molar refractivity (Wildman–Crippen MR) is 145 cm³/mol. The average molecular weight is 549 g/mol. The number of benzene rings is 3. The molecule has 2 saturated heterocycles. The van der Waals surface area contributed by atoms with Crippen LogP contribution in [0.3, 0.4) is 0 Å². The second kappa shape index (κ2) is 11.7. The van der Waals surface area contributed by atoms with Crippen molar-refractivity contribution in [2.24, 2.45) is 0 Å². The van der Waals surface area contributed by atoms with Gasteiger partial charge in [0.2, 0.25) is 11.8 Å². The van der Waals surface area contributed by atoms with Crippen LogP contribution in [-0.2, 0) is 35.6 Å². The molecular formula is C28H24N2O6S2. The van der Waals surface area contributed by atoms with Crippen molar-refractivity contribution in [1.82, 2.24) is 10.6 Å². The minimum Gasteiger partial charge on any atom is -0.489 e. The van der Waals surface area contributed by atoms with E-state index in [1.54, 1.807) is 0 Å². The number of carbonyl (C=O) groups is 4. The second-order valence-electron chi connectivity index (χ2n) is 8.86. The van der Waals surface area contributed by atoms with Crippen LogP contribution in [0.25, 0.3) is 0 Å². The maximum absolute atomic E-state index is 11.7. The van der Waals surface area contributed by atoms with Crippen LogP contribution in [-0.4, -0.2) is 32.8 Å². The molecule has 3 aromatic rings. The largest absolute Gasteiger partial charge is 0.489 e. The summed E-state index contributed by atoms with van der Waals surface area (Å²) in [6, 6.07) is 23.1. The van der Waals surface area contributed by atoms with E-state index in [-0.39, 0.29) is 32.8 Å². The lowest BCUT2D eigenvalue weighted by atomic mass is 10.1. The Morgan fingerprint density at radius 1 is 0.526 bits per heavy atom. The number of hydrogen-bond acceptors (Lipinski definition) is 8. The summed E-state index contributed by atoms with van der Waals surface area (Å²) < 4.78 is 11.8. The zero-order chi connectivity index (χ0) is 26.5. The van der Waals surface area contributed by atoms with Crippen molar-refractivity contribution in [3.63, 3.8) is 0 Å². The third kappa shape index (κ3) is 6.76. The lowest BCUT2D eigenvalue weighted by Crippen LogP contribution is -2.25. The van der Waals surface area contributed by atoms with Gasteiger partial charge in [-0.05, 0) is 59.4 Å². The fraction of sp³-hybridized carbons (Fsp3) is 0.214. The van der Waals surface area contributed by atoms with Gasteiger partial charge in [0, 0.05) is 0 Å². The van der Waals surface area contributed by atoms with Crippen LogP contribution in [0.2, 0.25) is 0 Å². The Kier molecular flexibility index (Phi) is 8.00. The molecule has 0 spiro atoms. The lowest BCUT2D eigenvalue weighted by Gasteiger charge is -2.10. The Balaban J connectivity index is 1.05. The number of rotatable bonds is 10. The fourth-order valence-corrected chi connectivity index (χ4v) is 5.71. The van der Waals surface area contributed by atoms with Crippen LogP contribution >= 0.6 is 23.5 Å². The van der Waals surface area contributed by atoms with E-state index in [4.69, 9.17) is 9.47 Å². The molecule has 38 heavy (non-hydrogen) atoms. The van der Waals surface area contributed by atoms with Crippen LogP contribution in [0.15, 0.2) is 72.8 Å². The Hall–Kier alpha value is -3.76. The minimum atomic E-state index is -0.380. The van der Waals surface area contributed by atoms with Gasteiger partial charge in [0.25, 0.3) is 10.5 Å². The normalized spacial score (nSPS) is 18.8. The van der Waals surface area contributed by atoms with Crippen LogP contribution in [0.1, 0.15) is 22.3 Å². The summed E-state index contributed by atoms with van der Waals surface area (Å²) in [5.41, 5.74) is 3.98. The molecule has 2 N–H and O–H groups in total. The van der Waals surface area contributed by atoms with E-state index in [2.05, 4.69) is 10.6 Å². The summed E-state index contributed by atoms with van der Waals surface area (Å²) in [5.74, 6) is 0.973. The van der Waals surface area contributed by atoms with Crippen molar-refractivity contribution in [1.29, 1.82) is 0 Å². The average Bonchev–Trinajstić information content (AvgIpc) is 3.41. The summed E-state index contributed by atoms with van der Waals surface area (Å²) in [6.07, 6.45) is 0.993. The zero-order valence-electron chi connectivity index (χ0n) is 20.2. The van der Waals surface area contributed by atoms with Gasteiger partial charge in [-0.15, -0.1) is 0 Å². The van der Waals surface area contributed by atoms with Crippen molar-refractivity contribution in [2.45, 2.75) is 36.6 Å². The summed E-state index contributed by atoms with van der Waals surface area (Å²) in [6.45, 7) is 0.834. The first-order valence-corrected chi connectivity index (χ1v) is 13.7. The molecule has 194 valence electrons. The van der Waals surface area contributed by atoms with Crippen LogP contribution in [0.4, 0.5) is 9.59 Å². The minimum absolute atomic E-state index is 0.239. The molecule has 8 nitrogen and oxygen atoms in total. The number of thioether (sulfide) groups is 2. The molecule has 0 aromatic heterocycles. The monoisotopic (exact) mass is 548 g/mol. The van der Waals surface area contributed by atoms with Crippen molar-refractivity contribution in [3.8, 4) is 11.5 Å². The van der Waals surface area contributed by atoms with Crippen molar-refractivity contribution in [2.75, 3.05) is 0 Å². The van der Waals surface area contributed by atoms with E-state index in [9.17, 15) is 19.2 Å². The second-order valence-corrected chi connectivity index (χ2v) is 11.2. The van der Waals surface area contributed by atoms with Crippen LogP contribution in [0, 0.1) is 0 Å². The Morgan fingerprint density at radius 2 is 0.868 bits per heavy atom. The Labute approximate surface area is 227 Å². The highest BCUT2D eigenvalue weighted by Crippen LogP contribution is 2.25. The third-order valence-corrected chi connectivity index (χ3v) is 8.02. The fourth-order valence-electron chi connectivity index (χ4n) is 3.99. The van der Waals surface area contributed by atoms with E-state index < -0.39 is 0 Å². The summed E-state index contributed by atoms with van der Waals surface area (Å²) >= 11 is 2.05. The molecule has 2 aliphatic rings. The van der Waals surface area contributed by atoms with Gasteiger partial charge in [0.05, 0.1) is 10.5 Å². The molecule has 0 aliphatic carbocycles. The molecule has 2 heterocycles. The molecule has 2 aliphatic heterocycles. The highest BCUT2D eigenvalue weighted by Gasteiger charge is 2.32. The van der Waals surface area contributed by atoms with E-state index in [0.29, 0.717) is 26.1 Å². The standard InChI is InChI=1S/C28H24N2O6S2/c31-25-23(37-27(33)29-25)13-17-5-9-21(10-6-17)35-15-19-1-2-20(4-3-19)16-36-22-11-7-18(8-12-22)14-24-26(32)30-28(34)38-24/h1-12,23-24H,13-16H2,(H,29,31,33)(H,30,32,34). The predicted octanol–water partition coefficient (Wildman–Crippen LogP) is 4.63. The van der Waals surface area contributed by atoms with Gasteiger partial charge in [-0.25, -0.2) is 0 Å². The molecule has 2 unspecified atom stereocenters. The van der Waals surface area contributed by atoms with Gasteiger partial charge in [-0.1, -0.05) is 72.1 Å². The molecule has 10 heteroatoms. The SMILES string of the molecule is O=C1NC(=O)C(Cc2ccc(OCc3ccc(COc4ccc(CC5SC(=O)NC5=O)cc4)cc3)cc2)S1. The quantitative estimate of drug-likeness (QED) is 0.377. The number of ether oxygens (including phenoxy) is 2. The van der Waals surface area contributed by atoms with Crippen molar-refractivity contribution >= 4 is 45.8 Å². The Bertz CT molecular complexity index is 1240. The molecule has 4 amide bonds. The molecular weight excluding hydrogens is 524 g/mol. The lowest BCUT2D eigenvalue weighted by molar-refractivity contribution is -0.119. The summed E-state index contributed by atoms with van der Waals surface area (Å²) in [7, 11) is 0. The van der Waals surface area contributed by atoms with Crippen molar-refractivity contribution < 1.29 is 28.7 Å². The number of hydrogen-bond donors (Lipinski definition) is 2. The smallest absolute Gasteiger partial charge is 0.286 e. The summed E-state index contributed by atoms with van der Waals surface area (Å²) in [5, 5.41) is 3.26. The molecule has 3 aromatic carbocycles. The van der Waals surface area contributed by atoms with E-state index >= 15 is 0 Å². The maximum Gasteiger partial charge on any atom is 0.286 e. The number of amides is 4. The van der Waals surface area contributed by atoms with Gasteiger partial charge in [-0.2, -0.15) is 0 Å².